The van der Waals surface area contributed by atoms with E-state index in [0.717, 1.165) is 0 Å². The van der Waals surface area contributed by atoms with Gasteiger partial charge in [0.2, 0.25) is 0 Å². The molecule has 0 amide bonds. The molecule has 0 aliphatic carbocycles. The Morgan fingerprint density at radius 1 is 0.358 bits per heavy atom. The zero-order valence-corrected chi connectivity index (χ0v) is 30.6. The van der Waals surface area contributed by atoms with Crippen LogP contribution in [0.5, 0.6) is 34.5 Å². The predicted molar refractivity (Wildman–Crippen MR) is 196 cm³/mol. The van der Waals surface area contributed by atoms with E-state index in [1.165, 1.54) is 61.3 Å². The van der Waals surface area contributed by atoms with Gasteiger partial charge in [-0.15, -0.1) is 23.0 Å². The Morgan fingerprint density at radius 3 is 0.830 bits per heavy atom. The molecule has 6 aromatic carbocycles. The maximum Gasteiger partial charge on any atom is 0.168 e. The van der Waals surface area contributed by atoms with Crippen molar-refractivity contribution in [2.45, 2.75) is 12.3 Å². The van der Waals surface area contributed by atoms with E-state index in [1.54, 1.807) is 109 Å². The molecule has 0 aliphatic rings. The third kappa shape index (κ3) is 11.3. The van der Waals surface area contributed by atoms with Crippen molar-refractivity contribution in [2.75, 3.05) is 0 Å². The van der Waals surface area contributed by atoms with Crippen LogP contribution in [0.2, 0.25) is 0 Å². The Morgan fingerprint density at radius 2 is 0.585 bits per heavy atom. The first kappa shape index (κ1) is 39.5. The van der Waals surface area contributed by atoms with Crippen LogP contribution in [0.3, 0.4) is 0 Å². The minimum absolute atomic E-state index is 0. The smallest absolute Gasteiger partial charge is 0.168 e. The van der Waals surface area contributed by atoms with Gasteiger partial charge in [-0.1, -0.05) is 133 Å². The molecule has 2 N–H and O–H groups in total. The summed E-state index contributed by atoms with van der Waals surface area (Å²) in [7, 11) is 0. The zero-order chi connectivity index (χ0) is 36.7. The fraction of sp³-hybridized carbons (Fsp3) is 0.0476. The maximum atomic E-state index is 11.8. The van der Waals surface area contributed by atoms with Gasteiger partial charge in [0, 0.05) is 62.2 Å². The van der Waals surface area contributed by atoms with E-state index < -0.39 is 12.3 Å². The van der Waals surface area contributed by atoms with Crippen LogP contribution in [0.1, 0.15) is 45.7 Å². The average molecular weight is 780 g/mol. The number of aliphatic imine (C=N–C) groups is 4. The standard InChI is InChI=1S/2C21H18N2O3.Zr/c2*24-18-10-4-1-7-15(18)13-22-21(17-9-3-6-12-20(17)26)23-14-16-8-2-5-11-19(16)25;/h2*1-14,21,24-26H;/p-4. The fourth-order valence-corrected chi connectivity index (χ4v) is 4.76. The monoisotopic (exact) mass is 778 g/mol. The summed E-state index contributed by atoms with van der Waals surface area (Å²) in [5.41, 5.74) is 2.65. The summed E-state index contributed by atoms with van der Waals surface area (Å²) in [6.07, 6.45) is 4.16. The molecule has 6 aromatic rings. The van der Waals surface area contributed by atoms with E-state index in [0.29, 0.717) is 33.4 Å². The number of nitrogens with zero attached hydrogens (tertiary/aromatic N) is 4. The first-order chi connectivity index (χ1) is 25.3. The third-order valence-electron chi connectivity index (χ3n) is 7.53. The van der Waals surface area contributed by atoms with Gasteiger partial charge in [-0.3, -0.25) is 20.0 Å². The predicted octanol–water partition coefficient (Wildman–Crippen LogP) is 5.55. The van der Waals surface area contributed by atoms with Crippen molar-refractivity contribution < 1.29 is 56.8 Å². The summed E-state index contributed by atoms with van der Waals surface area (Å²) in [6, 6.07) is 39.4. The first-order valence-electron chi connectivity index (χ1n) is 16.0. The van der Waals surface area contributed by atoms with Crippen LogP contribution in [0.15, 0.2) is 166 Å². The average Bonchev–Trinajstić information content (AvgIpc) is 3.15. The van der Waals surface area contributed by atoms with Crippen LogP contribution in [-0.4, -0.2) is 35.1 Å². The number of benzene rings is 6. The SMILES string of the molecule is [O-]c1ccccc1C=NC(N=Cc1ccccc1[O-])c1ccccc1O.[O-]c1ccccc1C=NC(N=Cc1ccccc1[O-])c1ccccc1O.[Zr]. The van der Waals surface area contributed by atoms with Crippen molar-refractivity contribution in [3.8, 4) is 34.5 Å². The van der Waals surface area contributed by atoms with Crippen LogP contribution in [-0.2, 0) is 26.2 Å². The number of phenolic OH excluding ortho intramolecular Hbond substituents is 2. The molecule has 0 fully saturated rings. The molecule has 0 unspecified atom stereocenters. The van der Waals surface area contributed by atoms with Gasteiger partial charge in [0.15, 0.2) is 12.3 Å². The summed E-state index contributed by atoms with van der Waals surface area (Å²) in [5.74, 6) is -0.528. The van der Waals surface area contributed by atoms with Crippen molar-refractivity contribution in [1.29, 1.82) is 0 Å². The van der Waals surface area contributed by atoms with Crippen LogP contribution in [0.25, 0.3) is 0 Å². The largest absolute Gasteiger partial charge is 0.872 e. The van der Waals surface area contributed by atoms with Crippen LogP contribution in [0, 0.1) is 0 Å². The first-order valence-corrected chi connectivity index (χ1v) is 16.0. The van der Waals surface area contributed by atoms with E-state index in [2.05, 4.69) is 20.0 Å². The van der Waals surface area contributed by atoms with Gasteiger partial charge in [-0.05, 0) is 34.4 Å². The van der Waals surface area contributed by atoms with Crippen molar-refractivity contribution in [2.24, 2.45) is 20.0 Å². The van der Waals surface area contributed by atoms with E-state index in [9.17, 15) is 30.6 Å². The third-order valence-corrected chi connectivity index (χ3v) is 7.53. The molecular weight excluding hydrogens is 748 g/mol. The molecular formula is C42H32N4O6Zr-4. The van der Waals surface area contributed by atoms with Gasteiger partial charge < -0.3 is 30.6 Å². The molecule has 0 spiro atoms. The molecule has 0 atom stereocenters. The van der Waals surface area contributed by atoms with Crippen LogP contribution >= 0.6 is 0 Å². The number of para-hydroxylation sites is 6. The molecule has 53 heavy (non-hydrogen) atoms. The molecule has 11 heteroatoms. The number of rotatable bonds is 10. The summed E-state index contributed by atoms with van der Waals surface area (Å²) in [5, 5.41) is 67.6. The van der Waals surface area contributed by atoms with Gasteiger partial charge in [0.1, 0.15) is 11.5 Å². The number of phenols is 2. The maximum absolute atomic E-state index is 11.8. The van der Waals surface area contributed by atoms with Gasteiger partial charge in [-0.2, -0.15) is 0 Å². The van der Waals surface area contributed by atoms with Crippen LogP contribution in [0.4, 0.5) is 0 Å². The molecule has 264 valence electrons. The van der Waals surface area contributed by atoms with Crippen molar-refractivity contribution >= 4 is 24.9 Å². The van der Waals surface area contributed by atoms with Crippen molar-refractivity contribution in [3.63, 3.8) is 0 Å². The normalized spacial score (nSPS) is 12.4. The van der Waals surface area contributed by atoms with Gasteiger partial charge in [0.25, 0.3) is 0 Å². The number of hydrogen-bond acceptors (Lipinski definition) is 10. The molecule has 10 nitrogen and oxygen atoms in total. The van der Waals surface area contributed by atoms with E-state index in [1.807, 2.05) is 0 Å². The Balaban J connectivity index is 0.000000232. The molecule has 0 aromatic heterocycles. The minimum Gasteiger partial charge on any atom is -0.872 e. The molecule has 0 bridgehead atoms. The second-order valence-corrected chi connectivity index (χ2v) is 11.1. The Hall–Kier alpha value is -6.32. The summed E-state index contributed by atoms with van der Waals surface area (Å²) < 4.78 is 0. The Bertz CT molecular complexity index is 1960. The summed E-state index contributed by atoms with van der Waals surface area (Å²) in [6.45, 7) is 0. The number of hydrogen-bond donors (Lipinski definition) is 2. The fourth-order valence-electron chi connectivity index (χ4n) is 4.76. The van der Waals surface area contributed by atoms with Crippen molar-refractivity contribution in [3.05, 3.63) is 179 Å². The second kappa shape index (κ2) is 19.9. The molecule has 6 rings (SSSR count). The van der Waals surface area contributed by atoms with E-state index in [-0.39, 0.29) is 60.7 Å². The molecule has 0 heterocycles. The molecule has 0 radical (unpaired) electrons. The molecule has 0 saturated heterocycles. The minimum atomic E-state index is -0.782. The Labute approximate surface area is 326 Å². The van der Waals surface area contributed by atoms with Crippen LogP contribution < -0.4 is 20.4 Å². The van der Waals surface area contributed by atoms with E-state index >= 15 is 0 Å². The summed E-state index contributed by atoms with van der Waals surface area (Å²) in [4.78, 5) is 17.4. The molecule has 0 saturated carbocycles. The van der Waals surface area contributed by atoms with Crippen molar-refractivity contribution in [1.82, 2.24) is 0 Å². The quantitative estimate of drug-likeness (QED) is 0.172. The molecule has 0 aliphatic heterocycles. The topological polar surface area (TPSA) is 182 Å². The second-order valence-electron chi connectivity index (χ2n) is 11.1. The van der Waals surface area contributed by atoms with Gasteiger partial charge in [-0.25, -0.2) is 0 Å². The summed E-state index contributed by atoms with van der Waals surface area (Å²) >= 11 is 0. The van der Waals surface area contributed by atoms with Gasteiger partial charge >= 0.3 is 0 Å². The number of aromatic hydroxyl groups is 2. The van der Waals surface area contributed by atoms with E-state index in [4.69, 9.17) is 0 Å². The zero-order valence-electron chi connectivity index (χ0n) is 28.1. The van der Waals surface area contributed by atoms with Gasteiger partial charge in [0.05, 0.1) is 0 Å². The Kier molecular flexibility index (Phi) is 14.8.